The van der Waals surface area contributed by atoms with Gasteiger partial charge in [-0.1, -0.05) is 48.5 Å². The van der Waals surface area contributed by atoms with Gasteiger partial charge < -0.3 is 14.6 Å². The average molecular weight is 405 g/mol. The fraction of sp³-hybridized carbons (Fsp3) is 0.320. The van der Waals surface area contributed by atoms with Crippen LogP contribution in [0.1, 0.15) is 30.0 Å². The molecule has 0 saturated carbocycles. The van der Waals surface area contributed by atoms with E-state index in [2.05, 4.69) is 41.3 Å². The minimum Gasteiger partial charge on any atom is -0.496 e. The molecule has 0 amide bonds. The highest BCUT2D eigenvalue weighted by Gasteiger charge is 2.34. The molecule has 1 unspecified atom stereocenters. The van der Waals surface area contributed by atoms with Crippen molar-refractivity contribution in [3.05, 3.63) is 71.8 Å². The third-order valence-corrected chi connectivity index (χ3v) is 6.10. The summed E-state index contributed by atoms with van der Waals surface area (Å²) < 4.78 is 11.5. The van der Waals surface area contributed by atoms with Gasteiger partial charge in [0.15, 0.2) is 0 Å². The molecule has 0 spiro atoms. The molecule has 1 saturated heterocycles. The molecule has 5 nitrogen and oxygen atoms in total. The van der Waals surface area contributed by atoms with Gasteiger partial charge in [0.25, 0.3) is 0 Å². The molecule has 5 heteroatoms. The van der Waals surface area contributed by atoms with E-state index in [0.717, 1.165) is 17.1 Å². The summed E-state index contributed by atoms with van der Waals surface area (Å²) in [5, 5.41) is 11.8. The Balaban J connectivity index is 1.88. The monoisotopic (exact) mass is 405 g/mol. The van der Waals surface area contributed by atoms with Gasteiger partial charge in [-0.15, -0.1) is 0 Å². The molecule has 0 aliphatic carbocycles. The van der Waals surface area contributed by atoms with Crippen LogP contribution in [0.3, 0.4) is 0 Å². The molecular formula is C25H27NO4. The molecule has 0 radical (unpaired) electrons. The highest BCUT2D eigenvalue weighted by Crippen LogP contribution is 2.44. The van der Waals surface area contributed by atoms with Gasteiger partial charge in [0.2, 0.25) is 0 Å². The van der Waals surface area contributed by atoms with E-state index in [1.807, 2.05) is 24.3 Å². The number of rotatable bonds is 6. The summed E-state index contributed by atoms with van der Waals surface area (Å²) in [5.74, 6) is 0.556. The molecule has 3 aromatic rings. The summed E-state index contributed by atoms with van der Waals surface area (Å²) in [6.45, 7) is 1.40. The average Bonchev–Trinajstić information content (AvgIpc) is 2.79. The van der Waals surface area contributed by atoms with E-state index in [-0.39, 0.29) is 12.0 Å². The predicted molar refractivity (Wildman–Crippen MR) is 117 cm³/mol. The second-order valence-corrected chi connectivity index (χ2v) is 7.70. The third kappa shape index (κ3) is 3.73. The van der Waals surface area contributed by atoms with E-state index in [9.17, 15) is 9.90 Å². The number of likely N-dealkylation sites (tertiary alicyclic amines) is 1. The van der Waals surface area contributed by atoms with Gasteiger partial charge in [0.05, 0.1) is 31.7 Å². The largest absolute Gasteiger partial charge is 0.496 e. The van der Waals surface area contributed by atoms with Crippen molar-refractivity contribution in [2.24, 2.45) is 5.92 Å². The van der Waals surface area contributed by atoms with Crippen molar-refractivity contribution >= 4 is 16.7 Å². The number of hydrogen-bond donors (Lipinski definition) is 1. The maximum absolute atomic E-state index is 11.5. The number of nitrogens with zero attached hydrogens (tertiary/aromatic N) is 1. The minimum absolute atomic E-state index is 0.100. The zero-order chi connectivity index (χ0) is 21.1. The number of benzene rings is 3. The van der Waals surface area contributed by atoms with Crippen LogP contribution < -0.4 is 9.47 Å². The van der Waals surface area contributed by atoms with E-state index in [1.54, 1.807) is 14.2 Å². The third-order valence-electron chi connectivity index (χ3n) is 6.10. The summed E-state index contributed by atoms with van der Waals surface area (Å²) in [5.41, 5.74) is 2.15. The van der Waals surface area contributed by atoms with Gasteiger partial charge in [-0.25, -0.2) is 0 Å². The number of carbonyl (C=O) groups is 1. The minimum atomic E-state index is -0.703. The first-order chi connectivity index (χ1) is 14.6. The van der Waals surface area contributed by atoms with Crippen LogP contribution in [0.15, 0.2) is 60.7 Å². The van der Waals surface area contributed by atoms with Crippen molar-refractivity contribution in [3.63, 3.8) is 0 Å². The molecule has 1 aliphatic heterocycles. The zero-order valence-electron chi connectivity index (χ0n) is 17.4. The number of piperidine rings is 1. The Morgan fingerprint density at radius 2 is 1.53 bits per heavy atom. The number of ether oxygens (including phenoxy) is 2. The SMILES string of the molecule is COc1cccc(OC)c1C(c1cccc2ccccc12)N1CCC(C(=O)O)CC1. The maximum atomic E-state index is 11.5. The van der Waals surface area contributed by atoms with E-state index in [0.29, 0.717) is 25.9 Å². The Kier molecular flexibility index (Phi) is 5.91. The number of aliphatic carboxylic acids is 1. The molecule has 1 aliphatic rings. The standard InChI is InChI=1S/C25H27NO4/c1-29-21-11-6-12-22(30-2)23(21)24(26-15-13-18(14-16-26)25(27)28)20-10-5-8-17-7-3-4-9-19(17)20/h3-12,18,24H,13-16H2,1-2H3,(H,27,28). The number of carboxylic acid groups (broad SMARTS) is 1. The van der Waals surface area contributed by atoms with Gasteiger partial charge in [-0.3, -0.25) is 9.69 Å². The number of carboxylic acids is 1. The fourth-order valence-corrected chi connectivity index (χ4v) is 4.58. The summed E-state index contributed by atoms with van der Waals surface area (Å²) in [4.78, 5) is 13.9. The molecule has 4 rings (SSSR count). The highest BCUT2D eigenvalue weighted by atomic mass is 16.5. The lowest BCUT2D eigenvalue weighted by atomic mass is 9.88. The second kappa shape index (κ2) is 8.76. The predicted octanol–water partition coefficient (Wildman–Crippen LogP) is 4.74. The van der Waals surface area contributed by atoms with E-state index < -0.39 is 5.97 Å². The Hall–Kier alpha value is -3.05. The Labute approximate surface area is 176 Å². The van der Waals surface area contributed by atoms with E-state index in [1.165, 1.54) is 16.3 Å². The van der Waals surface area contributed by atoms with Crippen LogP contribution in [-0.4, -0.2) is 43.3 Å². The normalized spacial score (nSPS) is 16.3. The quantitative estimate of drug-likeness (QED) is 0.642. The zero-order valence-corrected chi connectivity index (χ0v) is 17.4. The molecule has 1 atom stereocenters. The Bertz CT molecular complexity index is 1010. The molecule has 0 aromatic heterocycles. The Morgan fingerprint density at radius 1 is 0.933 bits per heavy atom. The van der Waals surface area contributed by atoms with Crippen LogP contribution in [0.25, 0.3) is 10.8 Å². The summed E-state index contributed by atoms with van der Waals surface area (Å²) in [6.07, 6.45) is 1.27. The van der Waals surface area contributed by atoms with Gasteiger partial charge in [-0.2, -0.15) is 0 Å². The van der Waals surface area contributed by atoms with Crippen molar-refractivity contribution in [2.75, 3.05) is 27.3 Å². The van der Waals surface area contributed by atoms with Gasteiger partial charge in [0, 0.05) is 0 Å². The maximum Gasteiger partial charge on any atom is 0.306 e. The number of hydrogen-bond acceptors (Lipinski definition) is 4. The van der Waals surface area contributed by atoms with Crippen molar-refractivity contribution in [1.29, 1.82) is 0 Å². The first kappa shape index (κ1) is 20.2. The van der Waals surface area contributed by atoms with Gasteiger partial charge in [-0.05, 0) is 54.4 Å². The lowest BCUT2D eigenvalue weighted by Crippen LogP contribution is -2.39. The molecule has 1 fully saturated rings. The van der Waals surface area contributed by atoms with Crippen LogP contribution in [-0.2, 0) is 4.79 Å². The number of methoxy groups -OCH3 is 2. The van der Waals surface area contributed by atoms with E-state index >= 15 is 0 Å². The molecule has 3 aromatic carbocycles. The van der Waals surface area contributed by atoms with Crippen LogP contribution >= 0.6 is 0 Å². The lowest BCUT2D eigenvalue weighted by molar-refractivity contribution is -0.143. The Morgan fingerprint density at radius 3 is 2.17 bits per heavy atom. The first-order valence-corrected chi connectivity index (χ1v) is 10.3. The highest BCUT2D eigenvalue weighted by molar-refractivity contribution is 5.86. The van der Waals surface area contributed by atoms with Crippen molar-refractivity contribution in [1.82, 2.24) is 4.90 Å². The van der Waals surface area contributed by atoms with Crippen molar-refractivity contribution < 1.29 is 19.4 Å². The summed E-state index contributed by atoms with van der Waals surface area (Å²) in [6, 6.07) is 20.5. The van der Waals surface area contributed by atoms with Crippen LogP contribution in [0.4, 0.5) is 0 Å². The first-order valence-electron chi connectivity index (χ1n) is 10.3. The number of fused-ring (bicyclic) bond motifs is 1. The van der Waals surface area contributed by atoms with Crippen molar-refractivity contribution in [3.8, 4) is 11.5 Å². The molecule has 30 heavy (non-hydrogen) atoms. The molecule has 1 N–H and O–H groups in total. The smallest absolute Gasteiger partial charge is 0.306 e. The summed E-state index contributed by atoms with van der Waals surface area (Å²) >= 11 is 0. The topological polar surface area (TPSA) is 59.0 Å². The van der Waals surface area contributed by atoms with Crippen LogP contribution in [0.2, 0.25) is 0 Å². The van der Waals surface area contributed by atoms with Crippen molar-refractivity contribution in [2.45, 2.75) is 18.9 Å². The second-order valence-electron chi connectivity index (χ2n) is 7.70. The fourth-order valence-electron chi connectivity index (χ4n) is 4.58. The summed E-state index contributed by atoms with van der Waals surface area (Å²) in [7, 11) is 3.35. The van der Waals surface area contributed by atoms with Crippen LogP contribution in [0, 0.1) is 5.92 Å². The van der Waals surface area contributed by atoms with Gasteiger partial charge >= 0.3 is 5.97 Å². The van der Waals surface area contributed by atoms with Gasteiger partial charge in [0.1, 0.15) is 11.5 Å². The molecule has 0 bridgehead atoms. The van der Waals surface area contributed by atoms with E-state index in [4.69, 9.17) is 9.47 Å². The molecule has 156 valence electrons. The molecular weight excluding hydrogens is 378 g/mol. The van der Waals surface area contributed by atoms with Crippen LogP contribution in [0.5, 0.6) is 11.5 Å². The lowest BCUT2D eigenvalue weighted by Gasteiger charge is -2.38. The molecule has 1 heterocycles.